The molecule has 0 radical (unpaired) electrons. The molecule has 0 heterocycles. The Labute approximate surface area is 139 Å². The van der Waals surface area contributed by atoms with E-state index in [9.17, 15) is 0 Å². The van der Waals surface area contributed by atoms with E-state index in [1.54, 1.807) is 0 Å². The van der Waals surface area contributed by atoms with Crippen molar-refractivity contribution in [2.75, 3.05) is 13.1 Å². The van der Waals surface area contributed by atoms with Crippen LogP contribution in [-0.2, 0) is 0 Å². The fourth-order valence-corrected chi connectivity index (χ4v) is 3.32. The minimum absolute atomic E-state index is 0.117. The van der Waals surface area contributed by atoms with Gasteiger partial charge in [0.25, 0.3) is 0 Å². The Balaban J connectivity index is 2.62. The Morgan fingerprint density at radius 1 is 1.19 bits per heavy atom. The van der Waals surface area contributed by atoms with E-state index in [0.717, 1.165) is 24.0 Å². The van der Waals surface area contributed by atoms with E-state index in [4.69, 9.17) is 5.73 Å². The van der Waals surface area contributed by atoms with Crippen LogP contribution in [0.25, 0.3) is 0 Å². The number of halogens is 1. The fraction of sp³-hybridized carbons (Fsp3) is 0.667. The van der Waals surface area contributed by atoms with Crippen molar-refractivity contribution in [3.05, 3.63) is 34.3 Å². The van der Waals surface area contributed by atoms with E-state index >= 15 is 0 Å². The van der Waals surface area contributed by atoms with Gasteiger partial charge < -0.3 is 10.6 Å². The van der Waals surface area contributed by atoms with Crippen molar-refractivity contribution in [2.24, 2.45) is 11.7 Å². The van der Waals surface area contributed by atoms with Gasteiger partial charge in [0.05, 0.1) is 0 Å². The third-order valence-electron chi connectivity index (χ3n) is 4.06. The van der Waals surface area contributed by atoms with Crippen molar-refractivity contribution >= 4 is 15.9 Å². The summed E-state index contributed by atoms with van der Waals surface area (Å²) in [6.45, 7) is 11.4. The van der Waals surface area contributed by atoms with Gasteiger partial charge in [-0.25, -0.2) is 0 Å². The van der Waals surface area contributed by atoms with Crippen molar-refractivity contribution in [1.82, 2.24) is 4.90 Å². The average Bonchev–Trinajstić information content (AvgIpc) is 2.45. The quantitative estimate of drug-likeness (QED) is 0.676. The maximum Gasteiger partial charge on any atom is 0.0307 e. The summed E-state index contributed by atoms with van der Waals surface area (Å²) in [5.41, 5.74) is 7.60. The molecule has 0 amide bonds. The highest BCUT2D eigenvalue weighted by Gasteiger charge is 2.17. The van der Waals surface area contributed by atoms with Crippen LogP contribution in [0, 0.1) is 5.92 Å². The van der Waals surface area contributed by atoms with Crippen LogP contribution in [0.3, 0.4) is 0 Å². The highest BCUT2D eigenvalue weighted by molar-refractivity contribution is 9.10. The molecule has 1 rings (SSSR count). The highest BCUT2D eigenvalue weighted by atomic mass is 79.9. The van der Waals surface area contributed by atoms with E-state index in [0.29, 0.717) is 12.0 Å². The largest absolute Gasteiger partial charge is 0.324 e. The van der Waals surface area contributed by atoms with Crippen LogP contribution in [0.5, 0.6) is 0 Å². The summed E-state index contributed by atoms with van der Waals surface area (Å²) in [4.78, 5) is 2.63. The summed E-state index contributed by atoms with van der Waals surface area (Å²) in [6.07, 6.45) is 3.45. The second kappa shape index (κ2) is 9.60. The van der Waals surface area contributed by atoms with Crippen LogP contribution in [0.1, 0.15) is 58.6 Å². The van der Waals surface area contributed by atoms with Gasteiger partial charge in [-0.15, -0.1) is 0 Å². The van der Waals surface area contributed by atoms with Gasteiger partial charge in [0.15, 0.2) is 0 Å². The molecule has 1 aromatic rings. The molecule has 1 unspecified atom stereocenters. The van der Waals surface area contributed by atoms with Gasteiger partial charge in [0.1, 0.15) is 0 Å². The molecule has 0 aromatic heterocycles. The molecule has 0 bridgehead atoms. The van der Waals surface area contributed by atoms with Crippen LogP contribution in [-0.4, -0.2) is 24.0 Å². The summed E-state index contributed by atoms with van der Waals surface area (Å²) < 4.78 is 1.11. The first kappa shape index (κ1) is 18.7. The molecule has 3 heteroatoms. The molecular formula is C18H31BrN2. The Bertz CT molecular complexity index is 402. The van der Waals surface area contributed by atoms with Gasteiger partial charge in [0, 0.05) is 29.6 Å². The highest BCUT2D eigenvalue weighted by Crippen LogP contribution is 2.20. The first-order valence-electron chi connectivity index (χ1n) is 8.22. The molecule has 1 aromatic carbocycles. The van der Waals surface area contributed by atoms with Gasteiger partial charge in [-0.2, -0.15) is 0 Å². The predicted molar refractivity (Wildman–Crippen MR) is 96.5 cm³/mol. The number of hydrogen-bond donors (Lipinski definition) is 1. The maximum absolute atomic E-state index is 6.38. The Kier molecular flexibility index (Phi) is 8.53. The summed E-state index contributed by atoms with van der Waals surface area (Å²) in [6, 6.07) is 9.17. The van der Waals surface area contributed by atoms with E-state index < -0.39 is 0 Å². The van der Waals surface area contributed by atoms with E-state index in [1.807, 2.05) is 6.07 Å². The normalized spacial score (nSPS) is 13.4. The van der Waals surface area contributed by atoms with Gasteiger partial charge in [-0.1, -0.05) is 55.8 Å². The van der Waals surface area contributed by atoms with Gasteiger partial charge in [-0.05, 0) is 42.9 Å². The minimum atomic E-state index is 0.117. The molecule has 2 N–H and O–H groups in total. The zero-order valence-electron chi connectivity index (χ0n) is 14.0. The van der Waals surface area contributed by atoms with E-state index in [1.165, 1.54) is 18.4 Å². The Hall–Kier alpha value is -0.380. The third-order valence-corrected chi connectivity index (χ3v) is 4.56. The lowest BCUT2D eigenvalue weighted by Gasteiger charge is -2.32. The van der Waals surface area contributed by atoms with Crippen LogP contribution in [0.4, 0.5) is 0 Å². The van der Waals surface area contributed by atoms with Crippen LogP contribution in [0.2, 0.25) is 0 Å². The van der Waals surface area contributed by atoms with E-state index in [2.05, 4.69) is 66.7 Å². The fourth-order valence-electron chi connectivity index (χ4n) is 2.91. The smallest absolute Gasteiger partial charge is 0.0307 e. The second-order valence-corrected chi connectivity index (χ2v) is 7.22. The van der Waals surface area contributed by atoms with Crippen molar-refractivity contribution in [3.63, 3.8) is 0 Å². The first-order valence-corrected chi connectivity index (χ1v) is 9.02. The molecule has 21 heavy (non-hydrogen) atoms. The summed E-state index contributed by atoms with van der Waals surface area (Å²) in [5, 5.41) is 0. The standard InChI is InChI=1S/C18H31BrN2/c1-5-17(6-2)21(13-14(3)4)11-10-18(20)15-8-7-9-16(19)12-15/h7-9,12,14,17-18H,5-6,10-11,13,20H2,1-4H3. The minimum Gasteiger partial charge on any atom is -0.324 e. The van der Waals surface area contributed by atoms with Crippen molar-refractivity contribution in [1.29, 1.82) is 0 Å². The van der Waals surface area contributed by atoms with E-state index in [-0.39, 0.29) is 6.04 Å². The molecule has 0 fully saturated rings. The summed E-state index contributed by atoms with van der Waals surface area (Å²) >= 11 is 3.52. The molecule has 120 valence electrons. The van der Waals surface area contributed by atoms with Crippen molar-refractivity contribution in [2.45, 2.75) is 59.0 Å². The SMILES string of the molecule is CCC(CC)N(CCC(N)c1cccc(Br)c1)CC(C)C. The monoisotopic (exact) mass is 354 g/mol. The van der Waals surface area contributed by atoms with Crippen molar-refractivity contribution < 1.29 is 0 Å². The zero-order valence-corrected chi connectivity index (χ0v) is 15.6. The van der Waals surface area contributed by atoms with Crippen LogP contribution < -0.4 is 5.73 Å². The average molecular weight is 355 g/mol. The lowest BCUT2D eigenvalue weighted by molar-refractivity contribution is 0.160. The molecule has 0 spiro atoms. The zero-order chi connectivity index (χ0) is 15.8. The Morgan fingerprint density at radius 3 is 2.38 bits per heavy atom. The van der Waals surface area contributed by atoms with Crippen LogP contribution in [0.15, 0.2) is 28.7 Å². The summed E-state index contributed by atoms with van der Waals surface area (Å²) in [7, 11) is 0. The number of hydrogen-bond acceptors (Lipinski definition) is 2. The second-order valence-electron chi connectivity index (χ2n) is 6.31. The molecule has 0 aliphatic rings. The lowest BCUT2D eigenvalue weighted by atomic mass is 10.0. The molecule has 0 aliphatic carbocycles. The molecule has 2 nitrogen and oxygen atoms in total. The maximum atomic E-state index is 6.38. The van der Waals surface area contributed by atoms with Gasteiger partial charge >= 0.3 is 0 Å². The predicted octanol–water partition coefficient (Wildman–Crippen LogP) is 4.99. The third kappa shape index (κ3) is 6.50. The Morgan fingerprint density at radius 2 is 1.86 bits per heavy atom. The first-order chi connectivity index (χ1) is 9.97. The summed E-state index contributed by atoms with van der Waals surface area (Å²) in [5.74, 6) is 0.702. The number of nitrogens with zero attached hydrogens (tertiary/aromatic N) is 1. The molecule has 0 saturated heterocycles. The number of benzene rings is 1. The topological polar surface area (TPSA) is 29.3 Å². The number of rotatable bonds is 9. The van der Waals surface area contributed by atoms with Crippen molar-refractivity contribution in [3.8, 4) is 0 Å². The molecular weight excluding hydrogens is 324 g/mol. The molecule has 0 aliphatic heterocycles. The van der Waals surface area contributed by atoms with Crippen LogP contribution >= 0.6 is 15.9 Å². The molecule has 1 atom stereocenters. The lowest BCUT2D eigenvalue weighted by Crippen LogP contribution is -2.39. The van der Waals surface area contributed by atoms with Gasteiger partial charge in [-0.3, -0.25) is 0 Å². The van der Waals surface area contributed by atoms with Gasteiger partial charge in [0.2, 0.25) is 0 Å². The molecule has 0 saturated carbocycles. The number of nitrogens with two attached hydrogens (primary N) is 1.